The van der Waals surface area contributed by atoms with Crippen LogP contribution in [0, 0.1) is 0 Å². The smallest absolute Gasteiger partial charge is 0.0849 e. The van der Waals surface area contributed by atoms with Gasteiger partial charge in [-0.2, -0.15) is 0 Å². The maximum Gasteiger partial charge on any atom is 0.0849 e. The van der Waals surface area contributed by atoms with Gasteiger partial charge in [0, 0.05) is 31.7 Å². The van der Waals surface area contributed by atoms with Crippen LogP contribution in [-0.2, 0) is 19.4 Å². The van der Waals surface area contributed by atoms with Crippen molar-refractivity contribution in [3.05, 3.63) is 47.3 Å². The predicted octanol–water partition coefficient (Wildman–Crippen LogP) is 1.93. The topological polar surface area (TPSA) is 50.9 Å². The molecule has 0 aliphatic heterocycles. The fourth-order valence-electron chi connectivity index (χ4n) is 2.93. The van der Waals surface area contributed by atoms with Gasteiger partial charge < -0.3 is 5.11 Å². The van der Waals surface area contributed by atoms with Gasteiger partial charge in [-0.25, -0.2) is 0 Å². The Bertz CT molecular complexity index is 550. The number of aryl methyl sites for hydroxylation is 1. The van der Waals surface area contributed by atoms with Crippen LogP contribution in [0.2, 0.25) is 0 Å². The molecule has 3 rings (SSSR count). The van der Waals surface area contributed by atoms with E-state index in [0.717, 1.165) is 12.2 Å². The normalized spacial score (nSPS) is 18.3. The molecule has 1 heterocycles. The molecule has 0 saturated heterocycles. The Morgan fingerprint density at radius 3 is 3.11 bits per heavy atom. The van der Waals surface area contributed by atoms with E-state index in [1.165, 1.54) is 30.4 Å². The van der Waals surface area contributed by atoms with Gasteiger partial charge >= 0.3 is 0 Å². The first-order valence-corrected chi connectivity index (χ1v) is 6.94. The number of hydrogen-bond acceptors (Lipinski definition) is 3. The summed E-state index contributed by atoms with van der Waals surface area (Å²) in [7, 11) is 0. The number of fused-ring (bicyclic) bond motifs is 1. The molecule has 0 spiro atoms. The molecule has 0 amide bonds. The Hall–Kier alpha value is -1.68. The van der Waals surface area contributed by atoms with Crippen molar-refractivity contribution in [3.63, 3.8) is 0 Å². The lowest BCUT2D eigenvalue weighted by Gasteiger charge is -2.25. The van der Waals surface area contributed by atoms with Gasteiger partial charge in [0.2, 0.25) is 0 Å². The maximum atomic E-state index is 8.90. The highest BCUT2D eigenvalue weighted by atomic mass is 16.3. The van der Waals surface area contributed by atoms with Crippen molar-refractivity contribution in [1.82, 2.24) is 15.0 Å². The van der Waals surface area contributed by atoms with Crippen LogP contribution in [0.5, 0.6) is 0 Å². The molecular weight excluding hydrogens is 238 g/mol. The number of hydrogen-bond donors (Lipinski definition) is 1. The predicted molar refractivity (Wildman–Crippen MR) is 72.9 cm³/mol. The average Bonchev–Trinajstić information content (AvgIpc) is 2.87. The van der Waals surface area contributed by atoms with Crippen LogP contribution in [0.4, 0.5) is 0 Å². The number of aliphatic hydroxyl groups excluding tert-OH is 1. The number of aromatic nitrogens is 3. The monoisotopic (exact) mass is 257 g/mol. The molecular formula is C15H19N3O. The number of aliphatic hydroxyl groups is 1. The second-order valence-corrected chi connectivity index (χ2v) is 5.19. The zero-order chi connectivity index (χ0) is 13.1. The van der Waals surface area contributed by atoms with E-state index in [9.17, 15) is 0 Å². The van der Waals surface area contributed by atoms with Gasteiger partial charge in [0.25, 0.3) is 0 Å². The van der Waals surface area contributed by atoms with E-state index in [-0.39, 0.29) is 6.61 Å². The number of rotatable bonds is 4. The summed E-state index contributed by atoms with van der Waals surface area (Å²) in [5.74, 6) is 0.536. The molecule has 1 unspecified atom stereocenters. The molecule has 1 atom stereocenters. The minimum absolute atomic E-state index is 0.130. The van der Waals surface area contributed by atoms with E-state index in [1.54, 1.807) is 0 Å². The van der Waals surface area contributed by atoms with E-state index < -0.39 is 0 Å². The Kier molecular flexibility index (Phi) is 3.60. The van der Waals surface area contributed by atoms with Crippen molar-refractivity contribution in [2.45, 2.75) is 38.1 Å². The Morgan fingerprint density at radius 1 is 1.32 bits per heavy atom. The van der Waals surface area contributed by atoms with Gasteiger partial charge in [0.05, 0.1) is 5.69 Å². The van der Waals surface area contributed by atoms with Crippen molar-refractivity contribution < 1.29 is 5.11 Å². The summed E-state index contributed by atoms with van der Waals surface area (Å²) in [5.41, 5.74) is 3.81. The van der Waals surface area contributed by atoms with E-state index in [0.29, 0.717) is 12.3 Å². The molecule has 1 aromatic carbocycles. The molecule has 19 heavy (non-hydrogen) atoms. The molecule has 4 nitrogen and oxygen atoms in total. The minimum atomic E-state index is 0.130. The lowest BCUT2D eigenvalue weighted by Crippen LogP contribution is -2.15. The van der Waals surface area contributed by atoms with Crippen LogP contribution < -0.4 is 0 Å². The summed E-state index contributed by atoms with van der Waals surface area (Å²) in [4.78, 5) is 0. The summed E-state index contributed by atoms with van der Waals surface area (Å²) in [6, 6.07) is 8.72. The van der Waals surface area contributed by atoms with Gasteiger partial charge in [-0.05, 0) is 30.4 Å². The number of nitrogens with zero attached hydrogens (tertiary/aromatic N) is 3. The molecule has 1 N–H and O–H groups in total. The summed E-state index contributed by atoms with van der Waals surface area (Å²) in [5, 5.41) is 17.1. The molecule has 1 aromatic heterocycles. The summed E-state index contributed by atoms with van der Waals surface area (Å²) in [6.07, 6.45) is 6.20. The molecule has 0 bridgehead atoms. The maximum absolute atomic E-state index is 8.90. The first-order chi connectivity index (χ1) is 9.36. The van der Waals surface area contributed by atoms with Gasteiger partial charge in [0.1, 0.15) is 0 Å². The fourth-order valence-corrected chi connectivity index (χ4v) is 2.93. The second-order valence-electron chi connectivity index (χ2n) is 5.19. The van der Waals surface area contributed by atoms with Crippen molar-refractivity contribution in [2.75, 3.05) is 6.61 Å². The molecule has 0 radical (unpaired) electrons. The van der Waals surface area contributed by atoms with Crippen molar-refractivity contribution >= 4 is 0 Å². The Morgan fingerprint density at radius 2 is 2.21 bits per heavy atom. The highest BCUT2D eigenvalue weighted by Crippen LogP contribution is 2.32. The Labute approximate surface area is 113 Å². The van der Waals surface area contributed by atoms with Crippen molar-refractivity contribution in [3.8, 4) is 0 Å². The zero-order valence-electron chi connectivity index (χ0n) is 11.0. The molecule has 1 aliphatic carbocycles. The fraction of sp³-hybridized carbons (Fsp3) is 0.467. The van der Waals surface area contributed by atoms with Crippen LogP contribution in [0.15, 0.2) is 30.5 Å². The van der Waals surface area contributed by atoms with Crippen LogP contribution in [-0.4, -0.2) is 26.7 Å². The summed E-state index contributed by atoms with van der Waals surface area (Å²) < 4.78 is 1.91. The molecule has 0 fully saturated rings. The third kappa shape index (κ3) is 2.68. The highest BCUT2D eigenvalue weighted by molar-refractivity contribution is 5.32. The van der Waals surface area contributed by atoms with Crippen molar-refractivity contribution in [2.24, 2.45) is 0 Å². The standard InChI is InChI=1S/C15H19N3O/c19-9-8-14-11-18(17-16-14)10-13-6-3-5-12-4-1-2-7-15(12)13/h1-2,4,7,11,13,19H,3,5-6,8-10H2. The van der Waals surface area contributed by atoms with Crippen LogP contribution >= 0.6 is 0 Å². The highest BCUT2D eigenvalue weighted by Gasteiger charge is 2.20. The van der Waals surface area contributed by atoms with Crippen molar-refractivity contribution in [1.29, 1.82) is 0 Å². The lowest BCUT2D eigenvalue weighted by atomic mass is 9.83. The van der Waals surface area contributed by atoms with E-state index in [4.69, 9.17) is 5.11 Å². The SMILES string of the molecule is OCCc1cn(CC2CCCc3ccccc32)nn1. The van der Waals surface area contributed by atoms with E-state index in [2.05, 4.69) is 34.6 Å². The van der Waals surface area contributed by atoms with Gasteiger partial charge in [-0.3, -0.25) is 4.68 Å². The summed E-state index contributed by atoms with van der Waals surface area (Å²) in [6.45, 7) is 1.01. The van der Waals surface area contributed by atoms with E-state index in [1.807, 2.05) is 10.9 Å². The largest absolute Gasteiger partial charge is 0.396 e. The van der Waals surface area contributed by atoms with Gasteiger partial charge in [0.15, 0.2) is 0 Å². The zero-order valence-corrected chi connectivity index (χ0v) is 11.0. The second kappa shape index (κ2) is 5.53. The Balaban J connectivity index is 1.76. The van der Waals surface area contributed by atoms with Gasteiger partial charge in [-0.15, -0.1) is 5.10 Å². The molecule has 2 aromatic rings. The average molecular weight is 257 g/mol. The molecule has 4 heteroatoms. The quantitative estimate of drug-likeness (QED) is 0.910. The van der Waals surface area contributed by atoms with E-state index >= 15 is 0 Å². The van der Waals surface area contributed by atoms with Crippen LogP contribution in [0.25, 0.3) is 0 Å². The first kappa shape index (κ1) is 12.4. The molecule has 1 aliphatic rings. The third-order valence-electron chi connectivity index (χ3n) is 3.86. The first-order valence-electron chi connectivity index (χ1n) is 6.94. The number of benzene rings is 1. The lowest BCUT2D eigenvalue weighted by molar-refractivity contribution is 0.298. The van der Waals surface area contributed by atoms with Crippen LogP contribution in [0.1, 0.15) is 35.6 Å². The minimum Gasteiger partial charge on any atom is -0.396 e. The molecule has 100 valence electrons. The summed E-state index contributed by atoms with van der Waals surface area (Å²) >= 11 is 0. The molecule has 0 saturated carbocycles. The van der Waals surface area contributed by atoms with Crippen LogP contribution in [0.3, 0.4) is 0 Å². The van der Waals surface area contributed by atoms with Gasteiger partial charge in [-0.1, -0.05) is 29.5 Å². The third-order valence-corrected chi connectivity index (χ3v) is 3.86.